The van der Waals surface area contributed by atoms with E-state index < -0.39 is 0 Å². The maximum atomic E-state index is 6.05. The Bertz CT molecular complexity index is 1100. The van der Waals surface area contributed by atoms with Crippen LogP contribution in [0.2, 0.25) is 5.02 Å². The average molecular weight is 405 g/mol. The lowest BCUT2D eigenvalue weighted by molar-refractivity contribution is 0.248. The minimum absolute atomic E-state index is 0.726. The Hall–Kier alpha value is -2.96. The molecule has 3 aromatic heterocycles. The molecule has 4 heterocycles. The molecule has 7 heteroatoms. The molecule has 1 fully saturated rings. The topological polar surface area (TPSA) is 49.6 Å². The molecule has 5 rings (SSSR count). The van der Waals surface area contributed by atoms with Gasteiger partial charge in [0.1, 0.15) is 5.82 Å². The normalized spacial score (nSPS) is 15.1. The molecule has 0 atom stereocenters. The van der Waals surface area contributed by atoms with Gasteiger partial charge in [0.25, 0.3) is 0 Å². The fourth-order valence-electron chi connectivity index (χ4n) is 3.78. The predicted octanol–water partition coefficient (Wildman–Crippen LogP) is 3.77. The van der Waals surface area contributed by atoms with Crippen LogP contribution in [0.5, 0.6) is 0 Å². The number of pyridine rings is 1. The first-order chi connectivity index (χ1) is 14.3. The number of aromatic nitrogens is 4. The average Bonchev–Trinajstić information content (AvgIpc) is 3.24. The largest absolute Gasteiger partial charge is 0.354 e. The summed E-state index contributed by atoms with van der Waals surface area (Å²) >= 11 is 6.05. The van der Waals surface area contributed by atoms with Gasteiger partial charge in [0.15, 0.2) is 5.65 Å². The first-order valence-electron chi connectivity index (χ1n) is 9.73. The van der Waals surface area contributed by atoms with E-state index in [-0.39, 0.29) is 0 Å². The summed E-state index contributed by atoms with van der Waals surface area (Å²) in [6.45, 7) is 4.82. The van der Waals surface area contributed by atoms with Gasteiger partial charge in [-0.05, 0) is 23.8 Å². The number of hydrogen-bond acceptors (Lipinski definition) is 5. The van der Waals surface area contributed by atoms with Crippen molar-refractivity contribution in [2.45, 2.75) is 6.54 Å². The lowest BCUT2D eigenvalue weighted by Crippen LogP contribution is -2.46. The van der Waals surface area contributed by atoms with E-state index in [1.54, 1.807) is 6.20 Å². The van der Waals surface area contributed by atoms with Crippen molar-refractivity contribution in [3.05, 3.63) is 77.7 Å². The van der Waals surface area contributed by atoms with Crippen LogP contribution in [0.4, 0.5) is 5.82 Å². The van der Waals surface area contributed by atoms with Crippen LogP contribution in [-0.2, 0) is 6.54 Å². The van der Waals surface area contributed by atoms with Crippen LogP contribution in [0.25, 0.3) is 16.9 Å². The molecule has 0 radical (unpaired) electrons. The van der Waals surface area contributed by atoms with Gasteiger partial charge in [-0.25, -0.2) is 4.98 Å². The summed E-state index contributed by atoms with van der Waals surface area (Å²) in [6.07, 6.45) is 5.57. The number of fused-ring (bicyclic) bond motifs is 1. The van der Waals surface area contributed by atoms with Crippen molar-refractivity contribution >= 4 is 23.1 Å². The van der Waals surface area contributed by atoms with E-state index in [1.807, 2.05) is 53.3 Å². The molecule has 146 valence electrons. The molecule has 6 nitrogen and oxygen atoms in total. The number of nitrogens with zero attached hydrogens (tertiary/aromatic N) is 6. The molecule has 0 bridgehead atoms. The van der Waals surface area contributed by atoms with Crippen LogP contribution in [0.3, 0.4) is 0 Å². The first kappa shape index (κ1) is 18.1. The van der Waals surface area contributed by atoms with Gasteiger partial charge in [0.05, 0.1) is 11.9 Å². The third-order valence-corrected chi connectivity index (χ3v) is 5.56. The van der Waals surface area contributed by atoms with E-state index in [2.05, 4.69) is 32.0 Å². The molecule has 1 aliphatic heterocycles. The summed E-state index contributed by atoms with van der Waals surface area (Å²) in [4.78, 5) is 13.9. The third-order valence-electron chi connectivity index (χ3n) is 5.31. The molecule has 29 heavy (non-hydrogen) atoms. The fourth-order valence-corrected chi connectivity index (χ4v) is 3.90. The van der Waals surface area contributed by atoms with Crippen molar-refractivity contribution in [3.8, 4) is 11.3 Å². The van der Waals surface area contributed by atoms with E-state index in [9.17, 15) is 0 Å². The lowest BCUT2D eigenvalue weighted by Gasteiger charge is -2.36. The highest BCUT2D eigenvalue weighted by Crippen LogP contribution is 2.26. The van der Waals surface area contributed by atoms with Crippen molar-refractivity contribution < 1.29 is 0 Å². The SMILES string of the molecule is Clc1ccc(-c2cc(N3CCN(Cc4cccnc4)CC3)n3nccc3n2)cc1. The second-order valence-electron chi connectivity index (χ2n) is 7.23. The van der Waals surface area contributed by atoms with Gasteiger partial charge in [-0.1, -0.05) is 29.8 Å². The maximum absolute atomic E-state index is 6.05. The number of benzene rings is 1. The van der Waals surface area contributed by atoms with Crippen LogP contribution in [0.1, 0.15) is 5.56 Å². The zero-order valence-electron chi connectivity index (χ0n) is 15.9. The molecular weight excluding hydrogens is 384 g/mol. The van der Waals surface area contributed by atoms with Gasteiger partial charge in [-0.3, -0.25) is 9.88 Å². The molecule has 1 aromatic carbocycles. The van der Waals surface area contributed by atoms with Gasteiger partial charge in [-0.15, -0.1) is 0 Å². The number of hydrogen-bond donors (Lipinski definition) is 0. The van der Waals surface area contributed by atoms with Crippen LogP contribution in [0.15, 0.2) is 67.1 Å². The highest BCUT2D eigenvalue weighted by Gasteiger charge is 2.21. The van der Waals surface area contributed by atoms with Crippen molar-refractivity contribution in [1.82, 2.24) is 24.5 Å². The summed E-state index contributed by atoms with van der Waals surface area (Å²) in [6, 6.07) is 16.0. The Balaban J connectivity index is 1.39. The molecular formula is C22H21ClN6. The smallest absolute Gasteiger partial charge is 0.157 e. The molecule has 0 spiro atoms. The van der Waals surface area contributed by atoms with Crippen molar-refractivity contribution in [2.75, 3.05) is 31.1 Å². The van der Waals surface area contributed by atoms with Crippen molar-refractivity contribution in [2.24, 2.45) is 0 Å². The van der Waals surface area contributed by atoms with Gasteiger partial charge < -0.3 is 4.90 Å². The minimum Gasteiger partial charge on any atom is -0.354 e. The molecule has 4 aromatic rings. The fraction of sp³-hybridized carbons (Fsp3) is 0.227. The number of rotatable bonds is 4. The Morgan fingerprint density at radius 3 is 2.52 bits per heavy atom. The second-order valence-corrected chi connectivity index (χ2v) is 7.67. The molecule has 0 amide bonds. The Kier molecular flexibility index (Phi) is 4.87. The number of piperazine rings is 1. The van der Waals surface area contributed by atoms with E-state index in [4.69, 9.17) is 16.6 Å². The number of halogens is 1. The van der Waals surface area contributed by atoms with E-state index in [1.165, 1.54) is 5.56 Å². The Morgan fingerprint density at radius 1 is 0.931 bits per heavy atom. The zero-order chi connectivity index (χ0) is 19.6. The summed E-state index contributed by atoms with van der Waals surface area (Å²) in [7, 11) is 0. The Morgan fingerprint density at radius 2 is 1.76 bits per heavy atom. The second kappa shape index (κ2) is 7.81. The molecule has 0 aliphatic carbocycles. The van der Waals surface area contributed by atoms with Gasteiger partial charge in [0, 0.05) is 67.8 Å². The van der Waals surface area contributed by atoms with Crippen LogP contribution >= 0.6 is 11.6 Å². The highest BCUT2D eigenvalue weighted by atomic mass is 35.5. The maximum Gasteiger partial charge on any atom is 0.157 e. The summed E-state index contributed by atoms with van der Waals surface area (Å²) in [5.41, 5.74) is 4.09. The molecule has 1 saturated heterocycles. The summed E-state index contributed by atoms with van der Waals surface area (Å²) in [5, 5.41) is 5.23. The van der Waals surface area contributed by atoms with Gasteiger partial charge in [0.2, 0.25) is 0 Å². The molecule has 1 aliphatic rings. The predicted molar refractivity (Wildman–Crippen MR) is 115 cm³/mol. The van der Waals surface area contributed by atoms with Gasteiger partial charge in [-0.2, -0.15) is 9.61 Å². The van der Waals surface area contributed by atoms with Gasteiger partial charge >= 0.3 is 0 Å². The van der Waals surface area contributed by atoms with Crippen molar-refractivity contribution in [1.29, 1.82) is 0 Å². The zero-order valence-corrected chi connectivity index (χ0v) is 16.7. The summed E-state index contributed by atoms with van der Waals surface area (Å²) < 4.78 is 1.93. The van der Waals surface area contributed by atoms with E-state index in [0.717, 1.165) is 60.5 Å². The van der Waals surface area contributed by atoms with Crippen LogP contribution < -0.4 is 4.90 Å². The van der Waals surface area contributed by atoms with Crippen LogP contribution in [-0.4, -0.2) is 50.7 Å². The molecule has 0 saturated carbocycles. The van der Waals surface area contributed by atoms with Crippen LogP contribution in [0, 0.1) is 0 Å². The monoisotopic (exact) mass is 404 g/mol. The number of anilines is 1. The highest BCUT2D eigenvalue weighted by molar-refractivity contribution is 6.30. The lowest BCUT2D eigenvalue weighted by atomic mass is 10.1. The summed E-state index contributed by atoms with van der Waals surface area (Å²) in [5.74, 6) is 1.07. The van der Waals surface area contributed by atoms with E-state index in [0.29, 0.717) is 0 Å². The quantitative estimate of drug-likeness (QED) is 0.518. The molecule has 0 N–H and O–H groups in total. The Labute approximate surface area is 174 Å². The first-order valence-corrected chi connectivity index (χ1v) is 10.1. The standard InChI is InChI=1S/C22H21ClN6/c23-19-5-3-18(4-6-19)20-14-22(29-21(26-20)7-9-25-29)28-12-10-27(11-13-28)16-17-2-1-8-24-15-17/h1-9,14-15H,10-13,16H2. The minimum atomic E-state index is 0.726. The van der Waals surface area contributed by atoms with E-state index >= 15 is 0 Å². The van der Waals surface area contributed by atoms with Crippen molar-refractivity contribution in [3.63, 3.8) is 0 Å². The molecule has 0 unspecified atom stereocenters. The third kappa shape index (κ3) is 3.81.